The van der Waals surface area contributed by atoms with Crippen LogP contribution in [0.15, 0.2) is 24.3 Å². The normalized spacial score (nSPS) is 28.2. The molecule has 2 atom stereocenters. The molecule has 16 heavy (non-hydrogen) atoms. The summed E-state index contributed by atoms with van der Waals surface area (Å²) in [4.78, 5) is 0. The highest BCUT2D eigenvalue weighted by Gasteiger charge is 2.36. The average Bonchev–Trinajstić information content (AvgIpc) is 2.28. The Bertz CT molecular complexity index is 421. The number of hydrogen-bond acceptors (Lipinski definition) is 3. The van der Waals surface area contributed by atoms with Crippen LogP contribution in [0.2, 0.25) is 0 Å². The maximum atomic E-state index is 12.2. The van der Waals surface area contributed by atoms with Gasteiger partial charge in [-0.25, -0.2) is 9.65 Å². The third-order valence-electron chi connectivity index (χ3n) is 2.53. The first-order chi connectivity index (χ1) is 7.68. The summed E-state index contributed by atoms with van der Waals surface area (Å²) in [5.41, 5.74) is 1.04. The van der Waals surface area contributed by atoms with Crippen molar-refractivity contribution >= 4 is 7.75 Å². The Balaban J connectivity index is 2.35. The lowest BCUT2D eigenvalue weighted by Crippen LogP contribution is -2.27. The molecule has 1 aliphatic heterocycles. The molecule has 0 aliphatic carbocycles. The summed E-state index contributed by atoms with van der Waals surface area (Å²) in [5.74, 6) is 0.657. The van der Waals surface area contributed by atoms with Crippen molar-refractivity contribution in [3.8, 4) is 5.75 Å². The van der Waals surface area contributed by atoms with Crippen molar-refractivity contribution in [3.63, 3.8) is 0 Å². The van der Waals surface area contributed by atoms with Crippen LogP contribution in [-0.4, -0.2) is 6.61 Å². The zero-order valence-electron chi connectivity index (χ0n) is 9.47. The van der Waals surface area contributed by atoms with E-state index >= 15 is 0 Å². The molecule has 0 bridgehead atoms. The van der Waals surface area contributed by atoms with Crippen LogP contribution >= 0.6 is 7.75 Å². The van der Waals surface area contributed by atoms with Crippen LogP contribution in [0.4, 0.5) is 0 Å². The van der Waals surface area contributed by atoms with Gasteiger partial charge in [0.2, 0.25) is 0 Å². The molecule has 2 unspecified atom stereocenters. The van der Waals surface area contributed by atoms with Crippen molar-refractivity contribution in [1.82, 2.24) is 5.09 Å². The molecule has 0 amide bonds. The summed E-state index contributed by atoms with van der Waals surface area (Å²) in [5, 5.41) is 2.95. The number of benzene rings is 1. The molecule has 1 N–H and O–H groups in total. The Hall–Kier alpha value is -0.830. The fourth-order valence-electron chi connectivity index (χ4n) is 1.81. The van der Waals surface area contributed by atoms with Crippen molar-refractivity contribution in [2.75, 3.05) is 6.61 Å². The monoisotopic (exact) mass is 241 g/mol. The highest BCUT2D eigenvalue weighted by Crippen LogP contribution is 2.52. The molecule has 1 aromatic rings. The highest BCUT2D eigenvalue weighted by atomic mass is 31.2. The second-order valence-corrected chi connectivity index (χ2v) is 5.33. The van der Waals surface area contributed by atoms with Gasteiger partial charge in [0.15, 0.2) is 0 Å². The minimum Gasteiger partial charge on any atom is -0.413 e. The Morgan fingerprint density at radius 1 is 1.44 bits per heavy atom. The lowest BCUT2D eigenvalue weighted by atomic mass is 10.0. The van der Waals surface area contributed by atoms with Crippen molar-refractivity contribution in [2.24, 2.45) is 0 Å². The second-order valence-electron chi connectivity index (χ2n) is 3.63. The first-order valence-electron chi connectivity index (χ1n) is 5.49. The van der Waals surface area contributed by atoms with Gasteiger partial charge in [-0.05, 0) is 19.4 Å². The first kappa shape index (κ1) is 11.6. The summed E-state index contributed by atoms with van der Waals surface area (Å²) < 4.78 is 22.8. The van der Waals surface area contributed by atoms with Gasteiger partial charge in [-0.1, -0.05) is 25.1 Å². The SMILES string of the molecule is CCOP1(=O)NC(CC)c2ccccc2O1. The molecule has 5 heteroatoms. The molecular weight excluding hydrogens is 225 g/mol. The van der Waals surface area contributed by atoms with Crippen LogP contribution in [0.25, 0.3) is 0 Å². The maximum Gasteiger partial charge on any atom is 0.459 e. The lowest BCUT2D eigenvalue weighted by Gasteiger charge is -2.31. The zero-order valence-corrected chi connectivity index (χ0v) is 10.4. The van der Waals surface area contributed by atoms with Gasteiger partial charge >= 0.3 is 7.75 Å². The molecule has 1 aliphatic rings. The average molecular weight is 241 g/mol. The van der Waals surface area contributed by atoms with Crippen molar-refractivity contribution < 1.29 is 13.6 Å². The highest BCUT2D eigenvalue weighted by molar-refractivity contribution is 7.52. The van der Waals surface area contributed by atoms with Gasteiger partial charge in [0.05, 0.1) is 6.61 Å². The number of hydrogen-bond donors (Lipinski definition) is 1. The van der Waals surface area contributed by atoms with Gasteiger partial charge in [0, 0.05) is 11.6 Å². The predicted octanol–water partition coefficient (Wildman–Crippen LogP) is 3.26. The third-order valence-corrected chi connectivity index (χ3v) is 4.20. The summed E-state index contributed by atoms with van der Waals surface area (Å²) in [7, 11) is -3.17. The van der Waals surface area contributed by atoms with Crippen molar-refractivity contribution in [1.29, 1.82) is 0 Å². The Morgan fingerprint density at radius 2 is 2.19 bits per heavy atom. The van der Waals surface area contributed by atoms with Crippen molar-refractivity contribution in [3.05, 3.63) is 29.8 Å². The molecule has 0 spiro atoms. The number of para-hydroxylation sites is 1. The van der Waals surface area contributed by atoms with Gasteiger partial charge in [0.1, 0.15) is 5.75 Å². The molecule has 1 aromatic carbocycles. The fourth-order valence-corrected chi connectivity index (χ4v) is 3.46. The quantitative estimate of drug-likeness (QED) is 0.825. The van der Waals surface area contributed by atoms with E-state index in [1.54, 1.807) is 6.92 Å². The van der Waals surface area contributed by atoms with E-state index in [0.29, 0.717) is 12.4 Å². The first-order valence-corrected chi connectivity index (χ1v) is 7.03. The largest absolute Gasteiger partial charge is 0.459 e. The third kappa shape index (κ3) is 2.14. The predicted molar refractivity (Wildman–Crippen MR) is 62.5 cm³/mol. The summed E-state index contributed by atoms with van der Waals surface area (Å²) in [6.07, 6.45) is 0.845. The maximum absolute atomic E-state index is 12.2. The Morgan fingerprint density at radius 3 is 2.88 bits per heavy atom. The topological polar surface area (TPSA) is 47.6 Å². The molecule has 0 radical (unpaired) electrons. The van der Waals surface area contributed by atoms with E-state index in [4.69, 9.17) is 9.05 Å². The van der Waals surface area contributed by atoms with Gasteiger partial charge in [-0.3, -0.25) is 4.52 Å². The van der Waals surface area contributed by atoms with Gasteiger partial charge in [0.25, 0.3) is 0 Å². The Kier molecular flexibility index (Phi) is 3.33. The van der Waals surface area contributed by atoms with E-state index in [1.165, 1.54) is 0 Å². The van der Waals surface area contributed by atoms with E-state index < -0.39 is 7.75 Å². The van der Waals surface area contributed by atoms with Crippen LogP contribution in [-0.2, 0) is 9.09 Å². The van der Waals surface area contributed by atoms with Crippen LogP contribution in [0.3, 0.4) is 0 Å². The molecule has 0 saturated carbocycles. The molecular formula is C11H16NO3P. The van der Waals surface area contributed by atoms with E-state index in [9.17, 15) is 4.57 Å². The van der Waals surface area contributed by atoms with E-state index in [1.807, 2.05) is 31.2 Å². The molecule has 4 nitrogen and oxygen atoms in total. The second kappa shape index (κ2) is 4.58. The van der Waals surface area contributed by atoms with Gasteiger partial charge in [-0.15, -0.1) is 0 Å². The lowest BCUT2D eigenvalue weighted by molar-refractivity contribution is 0.253. The van der Waals surface area contributed by atoms with Crippen LogP contribution in [0.1, 0.15) is 31.9 Å². The summed E-state index contributed by atoms with van der Waals surface area (Å²) in [6, 6.07) is 7.65. The molecule has 1 heterocycles. The van der Waals surface area contributed by atoms with Gasteiger partial charge < -0.3 is 4.52 Å². The fraction of sp³-hybridized carbons (Fsp3) is 0.455. The number of rotatable bonds is 3. The zero-order chi connectivity index (χ0) is 11.6. The van der Waals surface area contributed by atoms with E-state index in [0.717, 1.165) is 12.0 Å². The van der Waals surface area contributed by atoms with Crippen LogP contribution < -0.4 is 9.61 Å². The smallest absolute Gasteiger partial charge is 0.413 e. The van der Waals surface area contributed by atoms with Crippen LogP contribution in [0, 0.1) is 0 Å². The summed E-state index contributed by atoms with van der Waals surface area (Å²) in [6.45, 7) is 4.20. The molecule has 2 rings (SSSR count). The molecule has 88 valence electrons. The molecule has 0 aromatic heterocycles. The molecule has 0 fully saturated rings. The molecule has 0 saturated heterocycles. The standard InChI is InChI=1S/C11H16NO3P/c1-3-10-9-7-5-6-8-11(9)15-16(13,12-10)14-4-2/h5-8,10H,3-4H2,1-2H3,(H,12,13). The van der Waals surface area contributed by atoms with Gasteiger partial charge in [-0.2, -0.15) is 0 Å². The minimum atomic E-state index is -3.17. The van der Waals surface area contributed by atoms with Crippen molar-refractivity contribution in [2.45, 2.75) is 26.3 Å². The minimum absolute atomic E-state index is 0.0299. The number of nitrogens with one attached hydrogen (secondary N) is 1. The Labute approximate surface area is 95.5 Å². The number of fused-ring (bicyclic) bond motifs is 1. The van der Waals surface area contributed by atoms with E-state index in [-0.39, 0.29) is 6.04 Å². The summed E-state index contributed by atoms with van der Waals surface area (Å²) >= 11 is 0. The van der Waals surface area contributed by atoms with E-state index in [2.05, 4.69) is 5.09 Å². The van der Waals surface area contributed by atoms with Crippen LogP contribution in [0.5, 0.6) is 5.75 Å².